The number of hydrogen-bond acceptors (Lipinski definition) is 5. The summed E-state index contributed by atoms with van der Waals surface area (Å²) in [6.45, 7) is 2.21. The molecular formula is C19H22N2O4. The van der Waals surface area contributed by atoms with Gasteiger partial charge in [-0.3, -0.25) is 4.79 Å². The summed E-state index contributed by atoms with van der Waals surface area (Å²) >= 11 is 0. The van der Waals surface area contributed by atoms with E-state index in [0.717, 1.165) is 16.7 Å². The Bertz CT molecular complexity index is 744. The van der Waals surface area contributed by atoms with E-state index in [4.69, 9.17) is 14.3 Å². The Morgan fingerprint density at radius 3 is 2.60 bits per heavy atom. The summed E-state index contributed by atoms with van der Waals surface area (Å²) in [4.78, 5) is 16.8. The number of carbonyl (C=O) groups is 1. The summed E-state index contributed by atoms with van der Waals surface area (Å²) < 4.78 is 10.4. The van der Waals surface area contributed by atoms with Crippen molar-refractivity contribution < 1.29 is 19.1 Å². The molecule has 0 spiro atoms. The maximum atomic E-state index is 11.8. The number of hydrogen-bond donors (Lipinski definition) is 1. The van der Waals surface area contributed by atoms with E-state index < -0.39 is 0 Å². The van der Waals surface area contributed by atoms with Crippen LogP contribution >= 0.6 is 0 Å². The second-order valence-corrected chi connectivity index (χ2v) is 5.33. The third-order valence-corrected chi connectivity index (χ3v) is 3.59. The molecule has 0 aliphatic carbocycles. The Kier molecular flexibility index (Phi) is 6.83. The van der Waals surface area contributed by atoms with Crippen molar-refractivity contribution in [1.29, 1.82) is 0 Å². The lowest BCUT2D eigenvalue weighted by atomic mass is 10.1. The minimum atomic E-state index is -0.253. The van der Waals surface area contributed by atoms with E-state index in [1.54, 1.807) is 26.5 Å². The van der Waals surface area contributed by atoms with Crippen molar-refractivity contribution in [2.24, 2.45) is 5.16 Å². The van der Waals surface area contributed by atoms with Crippen LogP contribution in [0.1, 0.15) is 16.7 Å². The van der Waals surface area contributed by atoms with Crippen LogP contribution in [-0.2, 0) is 16.2 Å². The molecule has 25 heavy (non-hydrogen) atoms. The first-order valence-corrected chi connectivity index (χ1v) is 7.82. The molecule has 0 bridgehead atoms. The smallest absolute Gasteiger partial charge is 0.261 e. The van der Waals surface area contributed by atoms with Crippen molar-refractivity contribution in [2.45, 2.75) is 13.5 Å². The number of nitrogens with one attached hydrogen (secondary N) is 1. The average Bonchev–Trinajstić information content (AvgIpc) is 2.64. The highest BCUT2D eigenvalue weighted by Gasteiger charge is 2.06. The van der Waals surface area contributed by atoms with Crippen molar-refractivity contribution >= 4 is 12.1 Å². The molecule has 132 valence electrons. The molecule has 6 nitrogen and oxygen atoms in total. The van der Waals surface area contributed by atoms with Gasteiger partial charge in [0.2, 0.25) is 0 Å². The maximum Gasteiger partial charge on any atom is 0.261 e. The highest BCUT2D eigenvalue weighted by atomic mass is 16.6. The summed E-state index contributed by atoms with van der Waals surface area (Å²) in [5.74, 6) is 1.01. The fraction of sp³-hybridized carbons (Fsp3) is 0.263. The quantitative estimate of drug-likeness (QED) is 0.591. The van der Waals surface area contributed by atoms with Crippen LogP contribution in [0.15, 0.2) is 47.6 Å². The van der Waals surface area contributed by atoms with E-state index in [0.29, 0.717) is 18.0 Å². The second kappa shape index (κ2) is 9.32. The Labute approximate surface area is 147 Å². The minimum Gasteiger partial charge on any atom is -0.493 e. The van der Waals surface area contributed by atoms with Crippen molar-refractivity contribution in [3.63, 3.8) is 0 Å². The molecule has 0 aromatic heterocycles. The number of rotatable bonds is 8. The Hall–Kier alpha value is -3.02. The molecule has 0 aliphatic rings. The molecule has 0 unspecified atom stereocenters. The second-order valence-electron chi connectivity index (χ2n) is 5.33. The van der Waals surface area contributed by atoms with E-state index in [1.165, 1.54) is 0 Å². The molecule has 6 heteroatoms. The molecule has 0 aliphatic heterocycles. The molecular weight excluding hydrogens is 320 g/mol. The SMILES string of the molecule is COc1ccc(CNC(=O)CO/N=C\c2ccccc2C)cc1OC. The van der Waals surface area contributed by atoms with Gasteiger partial charge in [-0.2, -0.15) is 0 Å². The zero-order valence-corrected chi connectivity index (χ0v) is 14.6. The van der Waals surface area contributed by atoms with Crippen LogP contribution in [0.4, 0.5) is 0 Å². The zero-order chi connectivity index (χ0) is 18.1. The summed E-state index contributed by atoms with van der Waals surface area (Å²) in [5.41, 5.74) is 2.94. The molecule has 2 rings (SSSR count). The normalized spacial score (nSPS) is 10.5. The van der Waals surface area contributed by atoms with E-state index in [1.807, 2.05) is 43.3 Å². The van der Waals surface area contributed by atoms with Gasteiger partial charge >= 0.3 is 0 Å². The van der Waals surface area contributed by atoms with Crippen molar-refractivity contribution in [2.75, 3.05) is 20.8 Å². The topological polar surface area (TPSA) is 69.2 Å². The van der Waals surface area contributed by atoms with Crippen molar-refractivity contribution in [3.05, 3.63) is 59.2 Å². The summed E-state index contributed by atoms with van der Waals surface area (Å²) in [7, 11) is 3.15. The molecule has 1 N–H and O–H groups in total. The van der Waals surface area contributed by atoms with Gasteiger partial charge in [-0.05, 0) is 35.7 Å². The predicted molar refractivity (Wildman–Crippen MR) is 96.1 cm³/mol. The number of carbonyl (C=O) groups excluding carboxylic acids is 1. The lowest BCUT2D eigenvalue weighted by molar-refractivity contribution is -0.125. The van der Waals surface area contributed by atoms with Gasteiger partial charge < -0.3 is 19.6 Å². The van der Waals surface area contributed by atoms with Gasteiger partial charge in [0.15, 0.2) is 18.1 Å². The van der Waals surface area contributed by atoms with Gasteiger partial charge in [0, 0.05) is 6.54 Å². The fourth-order valence-electron chi connectivity index (χ4n) is 2.16. The third-order valence-electron chi connectivity index (χ3n) is 3.59. The van der Waals surface area contributed by atoms with Gasteiger partial charge in [0.25, 0.3) is 5.91 Å². The number of aryl methyl sites for hydroxylation is 1. The number of methoxy groups -OCH3 is 2. The highest BCUT2D eigenvalue weighted by molar-refractivity contribution is 5.81. The largest absolute Gasteiger partial charge is 0.493 e. The maximum absolute atomic E-state index is 11.8. The number of amides is 1. The first-order chi connectivity index (χ1) is 12.1. The summed E-state index contributed by atoms with van der Waals surface area (Å²) in [6.07, 6.45) is 1.59. The Morgan fingerprint density at radius 1 is 1.12 bits per heavy atom. The molecule has 0 heterocycles. The van der Waals surface area contributed by atoms with E-state index in [-0.39, 0.29) is 12.5 Å². The van der Waals surface area contributed by atoms with Gasteiger partial charge in [-0.1, -0.05) is 35.5 Å². The molecule has 0 atom stereocenters. The van der Waals surface area contributed by atoms with Crippen molar-refractivity contribution in [1.82, 2.24) is 5.32 Å². The average molecular weight is 342 g/mol. The van der Waals surface area contributed by atoms with Crippen LogP contribution in [0.25, 0.3) is 0 Å². The highest BCUT2D eigenvalue weighted by Crippen LogP contribution is 2.27. The number of oxime groups is 1. The van der Waals surface area contributed by atoms with E-state index >= 15 is 0 Å². The molecule has 0 saturated heterocycles. The van der Waals surface area contributed by atoms with Gasteiger partial charge in [0.05, 0.1) is 20.4 Å². The van der Waals surface area contributed by atoms with E-state index in [9.17, 15) is 4.79 Å². The first-order valence-electron chi connectivity index (χ1n) is 7.82. The van der Waals surface area contributed by atoms with Crippen molar-refractivity contribution in [3.8, 4) is 11.5 Å². The van der Waals surface area contributed by atoms with Crippen LogP contribution < -0.4 is 14.8 Å². The van der Waals surface area contributed by atoms with E-state index in [2.05, 4.69) is 10.5 Å². The summed E-state index contributed by atoms with van der Waals surface area (Å²) in [5, 5.41) is 6.59. The number of benzene rings is 2. The first kappa shape index (κ1) is 18.3. The third kappa shape index (κ3) is 5.53. The zero-order valence-electron chi connectivity index (χ0n) is 14.6. The Morgan fingerprint density at radius 2 is 1.88 bits per heavy atom. The van der Waals surface area contributed by atoms with Gasteiger partial charge in [-0.25, -0.2) is 0 Å². The fourth-order valence-corrected chi connectivity index (χ4v) is 2.16. The van der Waals surface area contributed by atoms with Crippen LogP contribution in [0.3, 0.4) is 0 Å². The monoisotopic (exact) mass is 342 g/mol. The van der Waals surface area contributed by atoms with Crippen LogP contribution in [0.2, 0.25) is 0 Å². The van der Waals surface area contributed by atoms with Gasteiger partial charge in [-0.15, -0.1) is 0 Å². The number of nitrogens with zero attached hydrogens (tertiary/aromatic N) is 1. The standard InChI is InChI=1S/C19H22N2O4/c1-14-6-4-5-7-16(14)12-21-25-13-19(22)20-11-15-8-9-17(23-2)18(10-15)24-3/h4-10,12H,11,13H2,1-3H3,(H,20,22)/b21-12-. The lowest BCUT2D eigenvalue weighted by Gasteiger charge is -2.10. The minimum absolute atomic E-state index is 0.143. The predicted octanol–water partition coefficient (Wildman–Crippen LogP) is 2.68. The molecule has 2 aromatic rings. The molecule has 0 saturated carbocycles. The molecule has 0 radical (unpaired) electrons. The molecule has 2 aromatic carbocycles. The van der Waals surface area contributed by atoms with Crippen LogP contribution in [0, 0.1) is 6.92 Å². The molecule has 0 fully saturated rings. The summed E-state index contributed by atoms with van der Waals surface area (Å²) in [6, 6.07) is 13.3. The van der Waals surface area contributed by atoms with Gasteiger partial charge in [0.1, 0.15) is 0 Å². The number of ether oxygens (including phenoxy) is 2. The van der Waals surface area contributed by atoms with Crippen LogP contribution in [-0.4, -0.2) is 32.9 Å². The van der Waals surface area contributed by atoms with Crippen LogP contribution in [0.5, 0.6) is 11.5 Å². The molecule has 1 amide bonds. The Balaban J connectivity index is 1.78. The lowest BCUT2D eigenvalue weighted by Crippen LogP contribution is -2.26.